The Labute approximate surface area is 200 Å². The van der Waals surface area contributed by atoms with Crippen LogP contribution >= 0.6 is 0 Å². The summed E-state index contributed by atoms with van der Waals surface area (Å²) >= 11 is 0. The van der Waals surface area contributed by atoms with Gasteiger partial charge in [0, 0.05) is 38.3 Å². The number of aromatic nitrogens is 2. The number of carbonyl (C=O) groups excluding carboxylic acids is 1. The number of hydrogen-bond acceptors (Lipinski definition) is 7. The zero-order valence-electron chi connectivity index (χ0n) is 20.1. The smallest absolute Gasteiger partial charge is 0.257 e. The largest absolute Gasteiger partial charge is 0.490 e. The number of ether oxygens (including phenoxy) is 2. The maximum absolute atomic E-state index is 13.2. The van der Waals surface area contributed by atoms with E-state index in [1.165, 1.54) is 5.56 Å². The number of rotatable bonds is 9. The standard InChI is InChI=1S/C26H32N4O4/c1-4-32-17-18-33-23-8-6-5-7-22(23)26(31)30-15-13-29(14-16-30)20(3)25-27-24(28-34-25)21-11-9-19(2)10-12-21/h5-12,20H,4,13-18H2,1-3H3. The van der Waals surface area contributed by atoms with Gasteiger partial charge in [0.05, 0.1) is 18.2 Å². The number of hydrogen-bond donors (Lipinski definition) is 0. The van der Waals surface area contributed by atoms with E-state index in [0.717, 1.165) is 18.7 Å². The average Bonchev–Trinajstić information content (AvgIpc) is 3.37. The fraction of sp³-hybridized carbons (Fsp3) is 0.423. The van der Waals surface area contributed by atoms with Crippen LogP contribution in [0.1, 0.15) is 41.7 Å². The summed E-state index contributed by atoms with van der Waals surface area (Å²) in [7, 11) is 0. The molecule has 34 heavy (non-hydrogen) atoms. The van der Waals surface area contributed by atoms with Crippen molar-refractivity contribution in [2.75, 3.05) is 46.0 Å². The van der Waals surface area contributed by atoms with Crippen molar-refractivity contribution in [2.24, 2.45) is 0 Å². The first-order valence-electron chi connectivity index (χ1n) is 11.8. The second-order valence-electron chi connectivity index (χ2n) is 8.37. The summed E-state index contributed by atoms with van der Waals surface area (Å²) in [6.45, 7) is 10.3. The first-order valence-corrected chi connectivity index (χ1v) is 11.8. The van der Waals surface area contributed by atoms with Gasteiger partial charge in [0.25, 0.3) is 5.91 Å². The normalized spacial score (nSPS) is 15.3. The van der Waals surface area contributed by atoms with Gasteiger partial charge in [0.1, 0.15) is 12.4 Å². The second kappa shape index (κ2) is 11.3. The molecule has 4 rings (SSSR count). The van der Waals surface area contributed by atoms with Gasteiger partial charge in [-0.15, -0.1) is 0 Å². The molecule has 8 heteroatoms. The van der Waals surface area contributed by atoms with Gasteiger partial charge < -0.3 is 18.9 Å². The quantitative estimate of drug-likeness (QED) is 0.443. The molecule has 3 aromatic rings. The highest BCUT2D eigenvalue weighted by atomic mass is 16.5. The molecule has 2 heterocycles. The maximum Gasteiger partial charge on any atom is 0.257 e. The Hall–Kier alpha value is -3.23. The van der Waals surface area contributed by atoms with Gasteiger partial charge in [0.15, 0.2) is 0 Å². The molecule has 1 aromatic heterocycles. The zero-order chi connectivity index (χ0) is 23.9. The summed E-state index contributed by atoms with van der Waals surface area (Å²) in [4.78, 5) is 21.9. The van der Waals surface area contributed by atoms with E-state index in [-0.39, 0.29) is 11.9 Å². The Balaban J connectivity index is 1.34. The highest BCUT2D eigenvalue weighted by Crippen LogP contribution is 2.25. The van der Waals surface area contributed by atoms with Crippen LogP contribution in [-0.4, -0.2) is 71.8 Å². The molecular formula is C26H32N4O4. The summed E-state index contributed by atoms with van der Waals surface area (Å²) in [5, 5.41) is 4.16. The van der Waals surface area contributed by atoms with Gasteiger partial charge in [0.2, 0.25) is 11.7 Å². The van der Waals surface area contributed by atoms with Crippen LogP contribution < -0.4 is 4.74 Å². The van der Waals surface area contributed by atoms with Crippen molar-refractivity contribution in [3.8, 4) is 17.1 Å². The summed E-state index contributed by atoms with van der Waals surface area (Å²) < 4.78 is 16.7. The van der Waals surface area contributed by atoms with Crippen molar-refractivity contribution in [1.82, 2.24) is 19.9 Å². The number of aryl methyl sites for hydroxylation is 1. The second-order valence-corrected chi connectivity index (χ2v) is 8.37. The van der Waals surface area contributed by atoms with Crippen molar-refractivity contribution in [3.05, 3.63) is 65.5 Å². The molecule has 1 atom stereocenters. The first kappa shape index (κ1) is 23.9. The molecule has 180 valence electrons. The Bertz CT molecular complexity index is 1070. The molecule has 8 nitrogen and oxygen atoms in total. The van der Waals surface area contributed by atoms with E-state index in [0.29, 0.717) is 55.9 Å². The number of piperazine rings is 1. The average molecular weight is 465 g/mol. The topological polar surface area (TPSA) is 80.9 Å². The third-order valence-electron chi connectivity index (χ3n) is 6.06. The molecule has 0 N–H and O–H groups in total. The van der Waals surface area contributed by atoms with E-state index in [9.17, 15) is 4.79 Å². The summed E-state index contributed by atoms with van der Waals surface area (Å²) in [6.07, 6.45) is 0. The number of carbonyl (C=O) groups is 1. The van der Waals surface area contributed by atoms with Crippen LogP contribution in [0, 0.1) is 6.92 Å². The van der Waals surface area contributed by atoms with Crippen LogP contribution in [0.2, 0.25) is 0 Å². The molecule has 1 amide bonds. The Morgan fingerprint density at radius 1 is 1.06 bits per heavy atom. The molecule has 0 saturated carbocycles. The summed E-state index contributed by atoms with van der Waals surface area (Å²) in [5.74, 6) is 1.76. The van der Waals surface area contributed by atoms with Crippen LogP contribution in [0.5, 0.6) is 5.75 Å². The fourth-order valence-corrected chi connectivity index (χ4v) is 3.99. The predicted molar refractivity (Wildman–Crippen MR) is 129 cm³/mol. The van der Waals surface area contributed by atoms with E-state index in [1.54, 1.807) is 0 Å². The lowest BCUT2D eigenvalue weighted by Gasteiger charge is -2.37. The van der Waals surface area contributed by atoms with Crippen molar-refractivity contribution >= 4 is 5.91 Å². The molecule has 1 unspecified atom stereocenters. The molecule has 0 bridgehead atoms. The lowest BCUT2D eigenvalue weighted by Crippen LogP contribution is -2.49. The Morgan fingerprint density at radius 3 is 2.53 bits per heavy atom. The number of benzene rings is 2. The SMILES string of the molecule is CCOCCOc1ccccc1C(=O)N1CCN(C(C)c2nc(-c3ccc(C)cc3)no2)CC1. The minimum atomic E-state index is -0.0295. The summed E-state index contributed by atoms with van der Waals surface area (Å²) in [6, 6.07) is 15.4. The molecule has 0 aliphatic carbocycles. The van der Waals surface area contributed by atoms with Crippen LogP contribution in [0.25, 0.3) is 11.4 Å². The van der Waals surface area contributed by atoms with Crippen molar-refractivity contribution in [2.45, 2.75) is 26.8 Å². The zero-order valence-corrected chi connectivity index (χ0v) is 20.1. The van der Waals surface area contributed by atoms with E-state index in [1.807, 2.05) is 67.3 Å². The van der Waals surface area contributed by atoms with Gasteiger partial charge in [-0.2, -0.15) is 4.98 Å². The molecule has 1 aliphatic heterocycles. The van der Waals surface area contributed by atoms with Crippen LogP contribution in [-0.2, 0) is 4.74 Å². The van der Waals surface area contributed by atoms with Gasteiger partial charge in [-0.3, -0.25) is 9.69 Å². The third-order valence-corrected chi connectivity index (χ3v) is 6.06. The molecule has 1 saturated heterocycles. The highest BCUT2D eigenvalue weighted by molar-refractivity contribution is 5.97. The minimum Gasteiger partial charge on any atom is -0.490 e. The van der Waals surface area contributed by atoms with Crippen LogP contribution in [0.3, 0.4) is 0 Å². The number of amides is 1. The van der Waals surface area contributed by atoms with E-state index >= 15 is 0 Å². The van der Waals surface area contributed by atoms with Crippen LogP contribution in [0.15, 0.2) is 53.1 Å². The van der Waals surface area contributed by atoms with Gasteiger partial charge >= 0.3 is 0 Å². The lowest BCUT2D eigenvalue weighted by molar-refractivity contribution is 0.0545. The van der Waals surface area contributed by atoms with E-state index in [4.69, 9.17) is 14.0 Å². The third kappa shape index (κ3) is 5.63. The predicted octanol–water partition coefficient (Wildman–Crippen LogP) is 3.98. The van der Waals surface area contributed by atoms with Crippen molar-refractivity contribution in [3.63, 3.8) is 0 Å². The van der Waals surface area contributed by atoms with E-state index in [2.05, 4.69) is 22.0 Å². The number of nitrogens with zero attached hydrogens (tertiary/aromatic N) is 4. The lowest BCUT2D eigenvalue weighted by atomic mass is 10.1. The fourth-order valence-electron chi connectivity index (χ4n) is 3.99. The molecule has 2 aromatic carbocycles. The van der Waals surface area contributed by atoms with Gasteiger partial charge in [-0.05, 0) is 32.9 Å². The van der Waals surface area contributed by atoms with Crippen molar-refractivity contribution < 1.29 is 18.8 Å². The van der Waals surface area contributed by atoms with Gasteiger partial charge in [-0.25, -0.2) is 0 Å². The van der Waals surface area contributed by atoms with Crippen LogP contribution in [0.4, 0.5) is 0 Å². The monoisotopic (exact) mass is 464 g/mol. The van der Waals surface area contributed by atoms with Crippen molar-refractivity contribution in [1.29, 1.82) is 0 Å². The highest BCUT2D eigenvalue weighted by Gasteiger charge is 2.29. The molecule has 1 fully saturated rings. The first-order chi connectivity index (χ1) is 16.6. The molecule has 0 spiro atoms. The Morgan fingerprint density at radius 2 is 1.79 bits per heavy atom. The number of para-hydroxylation sites is 1. The van der Waals surface area contributed by atoms with E-state index < -0.39 is 0 Å². The maximum atomic E-state index is 13.2. The van der Waals surface area contributed by atoms with Gasteiger partial charge in [-0.1, -0.05) is 47.1 Å². The molecule has 0 radical (unpaired) electrons. The molecular weight excluding hydrogens is 432 g/mol. The Kier molecular flexibility index (Phi) is 7.92. The minimum absolute atomic E-state index is 0.0150. The summed E-state index contributed by atoms with van der Waals surface area (Å²) in [5.41, 5.74) is 2.71. The molecule has 1 aliphatic rings.